The Hall–Kier alpha value is -2.37. The molecular weight excluding hydrogens is 196 g/mol. The van der Waals surface area contributed by atoms with E-state index in [-0.39, 0.29) is 11.4 Å². The Kier molecular flexibility index (Phi) is 1.89. The molecule has 1 aromatic heterocycles. The summed E-state index contributed by atoms with van der Waals surface area (Å²) in [6.45, 7) is 0. The van der Waals surface area contributed by atoms with Gasteiger partial charge in [0, 0.05) is 0 Å². The molecule has 0 aliphatic carbocycles. The number of hydrogen-bond donors (Lipinski definition) is 3. The third kappa shape index (κ3) is 1.41. The Morgan fingerprint density at radius 2 is 1.93 bits per heavy atom. The van der Waals surface area contributed by atoms with Crippen LogP contribution in [0.4, 0.5) is 0 Å². The molecule has 6 nitrogen and oxygen atoms in total. The van der Waals surface area contributed by atoms with Crippen LogP contribution in [0.5, 0.6) is 0 Å². The zero-order valence-electron chi connectivity index (χ0n) is 7.65. The van der Waals surface area contributed by atoms with Gasteiger partial charge in [-0.2, -0.15) is 0 Å². The second-order valence-corrected chi connectivity index (χ2v) is 3.01. The van der Waals surface area contributed by atoms with Gasteiger partial charge in [0.15, 0.2) is 5.82 Å². The number of nitrogens with two attached hydrogens (primary N) is 2. The number of benzene rings is 1. The average molecular weight is 204 g/mol. The third-order valence-corrected chi connectivity index (χ3v) is 2.02. The van der Waals surface area contributed by atoms with E-state index >= 15 is 0 Å². The van der Waals surface area contributed by atoms with E-state index < -0.39 is 11.8 Å². The van der Waals surface area contributed by atoms with Crippen molar-refractivity contribution in [2.75, 3.05) is 0 Å². The van der Waals surface area contributed by atoms with Gasteiger partial charge in [-0.1, -0.05) is 6.07 Å². The number of rotatable bonds is 2. The van der Waals surface area contributed by atoms with Crippen molar-refractivity contribution in [3.63, 3.8) is 0 Å². The molecule has 0 fully saturated rings. The fourth-order valence-corrected chi connectivity index (χ4v) is 1.35. The minimum Gasteiger partial charge on any atom is -0.366 e. The van der Waals surface area contributed by atoms with Crippen LogP contribution in [-0.4, -0.2) is 21.8 Å². The minimum atomic E-state index is -0.679. The number of imidazole rings is 1. The second-order valence-electron chi connectivity index (χ2n) is 3.01. The van der Waals surface area contributed by atoms with Crippen molar-refractivity contribution in [3.05, 3.63) is 29.6 Å². The van der Waals surface area contributed by atoms with E-state index in [9.17, 15) is 9.59 Å². The van der Waals surface area contributed by atoms with Crippen LogP contribution in [0.1, 0.15) is 21.0 Å². The molecule has 0 unspecified atom stereocenters. The van der Waals surface area contributed by atoms with Crippen LogP contribution in [-0.2, 0) is 0 Å². The number of nitrogens with one attached hydrogen (secondary N) is 1. The van der Waals surface area contributed by atoms with Gasteiger partial charge in [-0.3, -0.25) is 9.59 Å². The second kappa shape index (κ2) is 3.09. The standard InChI is InChI=1S/C9H8N4O2/c10-7(14)4-2-1-3-5-6(4)13-9(12-5)8(11)15/h1-3H,(H2,10,14)(H2,11,15)(H,12,13). The van der Waals surface area contributed by atoms with E-state index in [4.69, 9.17) is 11.5 Å². The molecule has 2 aromatic rings. The van der Waals surface area contributed by atoms with Crippen molar-refractivity contribution in [3.8, 4) is 0 Å². The lowest BCUT2D eigenvalue weighted by Gasteiger charge is -1.95. The minimum absolute atomic E-state index is 0.0127. The molecule has 15 heavy (non-hydrogen) atoms. The predicted molar refractivity (Wildman–Crippen MR) is 53.1 cm³/mol. The molecule has 0 spiro atoms. The number of primary amides is 2. The highest BCUT2D eigenvalue weighted by Crippen LogP contribution is 2.15. The van der Waals surface area contributed by atoms with Gasteiger partial charge < -0.3 is 16.5 Å². The number of H-pyrrole nitrogens is 1. The molecular formula is C9H8N4O2. The summed E-state index contributed by atoms with van der Waals surface area (Å²) < 4.78 is 0. The Bertz CT molecular complexity index is 558. The normalized spacial score (nSPS) is 10.4. The SMILES string of the molecule is NC(=O)c1nc2cccc(C(N)=O)c2[nH]1. The Morgan fingerprint density at radius 1 is 1.20 bits per heavy atom. The Morgan fingerprint density at radius 3 is 2.53 bits per heavy atom. The number of carbonyl (C=O) groups excluding carboxylic acids is 2. The molecule has 76 valence electrons. The van der Waals surface area contributed by atoms with Gasteiger partial charge >= 0.3 is 0 Å². The topological polar surface area (TPSA) is 115 Å². The summed E-state index contributed by atoms with van der Waals surface area (Å²) >= 11 is 0. The maximum atomic E-state index is 11.1. The van der Waals surface area contributed by atoms with Crippen molar-refractivity contribution in [1.82, 2.24) is 9.97 Å². The molecule has 2 rings (SSSR count). The van der Waals surface area contributed by atoms with E-state index in [2.05, 4.69) is 9.97 Å². The predicted octanol–water partition coefficient (Wildman–Crippen LogP) is -0.239. The first-order valence-electron chi connectivity index (χ1n) is 4.18. The van der Waals surface area contributed by atoms with E-state index in [1.54, 1.807) is 18.2 Å². The maximum absolute atomic E-state index is 11.1. The molecule has 0 radical (unpaired) electrons. The highest BCUT2D eigenvalue weighted by molar-refractivity contribution is 6.05. The number of nitrogens with zero attached hydrogens (tertiary/aromatic N) is 1. The van der Waals surface area contributed by atoms with E-state index in [1.807, 2.05) is 0 Å². The van der Waals surface area contributed by atoms with Crippen molar-refractivity contribution in [2.24, 2.45) is 11.5 Å². The first-order chi connectivity index (χ1) is 7.09. The summed E-state index contributed by atoms with van der Waals surface area (Å²) in [5.74, 6) is -1.25. The lowest BCUT2D eigenvalue weighted by Crippen LogP contribution is -2.13. The van der Waals surface area contributed by atoms with Crippen LogP contribution in [0.25, 0.3) is 11.0 Å². The number of aromatic nitrogens is 2. The summed E-state index contributed by atoms with van der Waals surface area (Å²) in [5, 5.41) is 0. The van der Waals surface area contributed by atoms with Crippen LogP contribution < -0.4 is 11.5 Å². The van der Waals surface area contributed by atoms with Crippen LogP contribution in [0.15, 0.2) is 18.2 Å². The molecule has 0 atom stereocenters. The van der Waals surface area contributed by atoms with Crippen LogP contribution in [0.2, 0.25) is 0 Å². The number of carbonyl (C=O) groups is 2. The first kappa shape index (κ1) is 9.20. The molecule has 5 N–H and O–H groups in total. The molecule has 6 heteroatoms. The highest BCUT2D eigenvalue weighted by Gasteiger charge is 2.12. The number of fused-ring (bicyclic) bond motifs is 1. The van der Waals surface area contributed by atoms with Gasteiger partial charge in [-0.15, -0.1) is 0 Å². The molecule has 1 aromatic carbocycles. The maximum Gasteiger partial charge on any atom is 0.284 e. The van der Waals surface area contributed by atoms with Gasteiger partial charge in [0.25, 0.3) is 11.8 Å². The smallest absolute Gasteiger partial charge is 0.284 e. The van der Waals surface area contributed by atoms with E-state index in [0.29, 0.717) is 11.0 Å². The zero-order valence-corrected chi connectivity index (χ0v) is 7.65. The van der Waals surface area contributed by atoms with Crippen molar-refractivity contribution in [2.45, 2.75) is 0 Å². The summed E-state index contributed by atoms with van der Waals surface area (Å²) in [5.41, 5.74) is 11.4. The van der Waals surface area contributed by atoms with Gasteiger partial charge in [0.2, 0.25) is 0 Å². The fourth-order valence-electron chi connectivity index (χ4n) is 1.35. The average Bonchev–Trinajstić information content (AvgIpc) is 2.60. The van der Waals surface area contributed by atoms with Gasteiger partial charge in [-0.25, -0.2) is 4.98 Å². The first-order valence-corrected chi connectivity index (χ1v) is 4.18. The van der Waals surface area contributed by atoms with Gasteiger partial charge in [0.1, 0.15) is 0 Å². The van der Waals surface area contributed by atoms with E-state index in [1.165, 1.54) is 0 Å². The number of para-hydroxylation sites is 1. The highest BCUT2D eigenvalue weighted by atomic mass is 16.1. The summed E-state index contributed by atoms with van der Waals surface area (Å²) in [6.07, 6.45) is 0. The third-order valence-electron chi connectivity index (χ3n) is 2.02. The van der Waals surface area contributed by atoms with Crippen LogP contribution >= 0.6 is 0 Å². The molecule has 0 saturated carbocycles. The molecule has 0 aliphatic rings. The van der Waals surface area contributed by atoms with E-state index in [0.717, 1.165) is 0 Å². The molecule has 2 amide bonds. The monoisotopic (exact) mass is 204 g/mol. The zero-order chi connectivity index (χ0) is 11.0. The number of amides is 2. The lowest BCUT2D eigenvalue weighted by molar-refractivity contribution is 0.0985. The largest absolute Gasteiger partial charge is 0.366 e. The van der Waals surface area contributed by atoms with Crippen molar-refractivity contribution in [1.29, 1.82) is 0 Å². The molecule has 0 bridgehead atoms. The quantitative estimate of drug-likeness (QED) is 0.626. The van der Waals surface area contributed by atoms with Crippen LogP contribution in [0, 0.1) is 0 Å². The number of hydrogen-bond acceptors (Lipinski definition) is 3. The summed E-state index contributed by atoms with van der Waals surface area (Å²) in [7, 11) is 0. The van der Waals surface area contributed by atoms with Gasteiger partial charge in [-0.05, 0) is 12.1 Å². The molecule has 1 heterocycles. The van der Waals surface area contributed by atoms with Crippen molar-refractivity contribution < 1.29 is 9.59 Å². The Labute approximate surface area is 84.3 Å². The summed E-state index contributed by atoms with van der Waals surface area (Å²) in [4.78, 5) is 28.5. The number of aromatic amines is 1. The Balaban J connectivity index is 2.75. The summed E-state index contributed by atoms with van der Waals surface area (Å²) in [6, 6.07) is 4.84. The molecule has 0 aliphatic heterocycles. The lowest BCUT2D eigenvalue weighted by atomic mass is 10.2. The molecule has 0 saturated heterocycles. The fraction of sp³-hybridized carbons (Fsp3) is 0. The van der Waals surface area contributed by atoms with Crippen molar-refractivity contribution >= 4 is 22.8 Å². The van der Waals surface area contributed by atoms with Gasteiger partial charge in [0.05, 0.1) is 16.6 Å². The van der Waals surface area contributed by atoms with Crippen LogP contribution in [0.3, 0.4) is 0 Å².